The lowest BCUT2D eigenvalue weighted by Gasteiger charge is -2.26. The van der Waals surface area contributed by atoms with E-state index in [0.717, 1.165) is 14.1 Å². The lowest BCUT2D eigenvalue weighted by atomic mass is 10.2. The van der Waals surface area contributed by atoms with Crippen LogP contribution in [0.3, 0.4) is 0 Å². The minimum Gasteiger partial charge on any atom is -0.361 e. The minimum absolute atomic E-state index is 0.325. The molecule has 2 nitrogen and oxygen atoms in total. The highest BCUT2D eigenvalue weighted by Gasteiger charge is 2.62. The molecule has 1 aromatic carbocycles. The molecule has 0 aliphatic heterocycles. The largest absolute Gasteiger partial charge is 0.461 e. The van der Waals surface area contributed by atoms with Crippen molar-refractivity contribution in [2.45, 2.75) is 18.3 Å². The van der Waals surface area contributed by atoms with Crippen LogP contribution in [0, 0.1) is 0 Å². The molecule has 0 atom stereocenters. The zero-order valence-corrected chi connectivity index (χ0v) is 13.3. The monoisotopic (exact) mass is 402 g/mol. The molecule has 0 aliphatic carbocycles. The van der Waals surface area contributed by atoms with Gasteiger partial charge in [-0.1, -0.05) is 23.2 Å². The van der Waals surface area contributed by atoms with Crippen molar-refractivity contribution in [2.75, 3.05) is 14.1 Å². The Bertz CT molecular complexity index is 626. The van der Waals surface area contributed by atoms with Gasteiger partial charge >= 0.3 is 18.3 Å². The van der Waals surface area contributed by atoms with Crippen LogP contribution in [-0.4, -0.2) is 36.9 Å². The molecular weight excluding hydrogens is 395 g/mol. The van der Waals surface area contributed by atoms with Crippen LogP contribution in [-0.2, 0) is 6.18 Å². The van der Waals surface area contributed by atoms with E-state index in [9.17, 15) is 35.1 Å². The van der Waals surface area contributed by atoms with Crippen LogP contribution in [0.4, 0.5) is 40.8 Å². The van der Waals surface area contributed by atoms with Gasteiger partial charge in [0.2, 0.25) is 0 Å². The normalized spacial score (nSPS) is 14.1. The highest BCUT2D eigenvalue weighted by Crippen LogP contribution is 2.42. The third-order valence-electron chi connectivity index (χ3n) is 2.62. The minimum atomic E-state index is -5.97. The van der Waals surface area contributed by atoms with Gasteiger partial charge in [-0.25, -0.2) is 4.99 Å². The summed E-state index contributed by atoms with van der Waals surface area (Å²) in [5.41, 5.74) is -2.13. The maximum absolute atomic E-state index is 13.5. The summed E-state index contributed by atoms with van der Waals surface area (Å²) in [6.07, 6.45) is -10.8. The molecule has 0 spiro atoms. The van der Waals surface area contributed by atoms with Gasteiger partial charge in [0, 0.05) is 14.1 Å². The van der Waals surface area contributed by atoms with E-state index >= 15 is 0 Å². The van der Waals surface area contributed by atoms with Gasteiger partial charge in [0.25, 0.3) is 0 Å². The smallest absolute Gasteiger partial charge is 0.361 e. The Kier molecular flexibility index (Phi) is 5.66. The second kappa shape index (κ2) is 6.55. The third-order valence-corrected chi connectivity index (χ3v) is 3.20. The number of alkyl halides is 8. The van der Waals surface area contributed by atoms with Gasteiger partial charge in [-0.05, 0) is 12.1 Å². The maximum Gasteiger partial charge on any atom is 0.461 e. The Morgan fingerprint density at radius 3 is 1.62 bits per heavy atom. The first kappa shape index (κ1) is 20.8. The van der Waals surface area contributed by atoms with Crippen LogP contribution in [0.1, 0.15) is 5.56 Å². The van der Waals surface area contributed by atoms with Crippen LogP contribution in [0.2, 0.25) is 10.0 Å². The number of amidine groups is 1. The predicted octanol–water partition coefficient (Wildman–Crippen LogP) is 5.80. The van der Waals surface area contributed by atoms with Crippen LogP contribution < -0.4 is 0 Å². The maximum atomic E-state index is 13.5. The summed E-state index contributed by atoms with van der Waals surface area (Å²) in [4.78, 5) is 3.42. The summed E-state index contributed by atoms with van der Waals surface area (Å²) >= 11 is 11.0. The Labute approximate surface area is 140 Å². The fourth-order valence-electron chi connectivity index (χ4n) is 1.52. The molecule has 0 radical (unpaired) electrons. The molecule has 0 saturated heterocycles. The van der Waals surface area contributed by atoms with Gasteiger partial charge in [0.15, 0.2) is 5.84 Å². The second-order valence-corrected chi connectivity index (χ2v) is 5.50. The van der Waals surface area contributed by atoms with E-state index < -0.39 is 45.4 Å². The second-order valence-electron chi connectivity index (χ2n) is 4.69. The number of hydrogen-bond acceptors (Lipinski definition) is 1. The Balaban J connectivity index is 3.57. The number of benzene rings is 1. The average Bonchev–Trinajstić information content (AvgIpc) is 2.34. The summed E-state index contributed by atoms with van der Waals surface area (Å²) in [6, 6.07) is 0.649. The number of rotatable bonds is 2. The number of hydrogen-bond donors (Lipinski definition) is 0. The molecule has 0 bridgehead atoms. The molecule has 1 aromatic rings. The highest BCUT2D eigenvalue weighted by atomic mass is 35.5. The Morgan fingerprint density at radius 2 is 1.33 bits per heavy atom. The van der Waals surface area contributed by atoms with Gasteiger partial charge in [-0.3, -0.25) is 0 Å². The standard InChI is InChI=1S/C12H8Cl2F8N2/c1-24(2)9(10(15,16)12(20,21)22)23-8-6(13)3-5(4-7(8)14)11(17,18)19/h3-4H,1-2H3/b23-9-. The predicted molar refractivity (Wildman–Crippen MR) is 73.2 cm³/mol. The molecule has 0 unspecified atom stereocenters. The molecule has 0 fully saturated rings. The molecule has 0 heterocycles. The van der Waals surface area contributed by atoms with Gasteiger partial charge in [0.05, 0.1) is 15.6 Å². The number of nitrogens with zero attached hydrogens (tertiary/aromatic N) is 2. The highest BCUT2D eigenvalue weighted by molar-refractivity contribution is 6.39. The van der Waals surface area contributed by atoms with Crippen molar-refractivity contribution in [1.82, 2.24) is 4.90 Å². The molecule has 0 aliphatic rings. The zero-order valence-electron chi connectivity index (χ0n) is 11.8. The molecule has 0 N–H and O–H groups in total. The van der Waals surface area contributed by atoms with Crippen molar-refractivity contribution in [3.8, 4) is 0 Å². The summed E-state index contributed by atoms with van der Waals surface area (Å²) in [7, 11) is 1.70. The van der Waals surface area contributed by atoms with E-state index in [-0.39, 0.29) is 0 Å². The SMILES string of the molecule is CN(C)/C(=N\c1c(Cl)cc(C(F)(F)F)cc1Cl)C(F)(F)C(F)(F)F. The lowest BCUT2D eigenvalue weighted by Crippen LogP contribution is -2.49. The van der Waals surface area contributed by atoms with Crippen molar-refractivity contribution in [3.05, 3.63) is 27.7 Å². The lowest BCUT2D eigenvalue weighted by molar-refractivity contribution is -0.251. The third kappa shape index (κ3) is 4.21. The fourth-order valence-corrected chi connectivity index (χ4v) is 2.09. The molecule has 1 rings (SSSR count). The quantitative estimate of drug-likeness (QED) is 0.346. The van der Waals surface area contributed by atoms with Crippen LogP contribution >= 0.6 is 23.2 Å². The van der Waals surface area contributed by atoms with Crippen molar-refractivity contribution in [2.24, 2.45) is 4.99 Å². The van der Waals surface area contributed by atoms with E-state index in [1.165, 1.54) is 0 Å². The van der Waals surface area contributed by atoms with Crippen molar-refractivity contribution >= 4 is 34.7 Å². The first-order valence-electron chi connectivity index (χ1n) is 5.86. The molecule has 136 valence electrons. The van der Waals surface area contributed by atoms with Gasteiger partial charge in [-0.2, -0.15) is 35.1 Å². The fraction of sp³-hybridized carbons (Fsp3) is 0.417. The van der Waals surface area contributed by atoms with Crippen LogP contribution in [0.5, 0.6) is 0 Å². The summed E-state index contributed by atoms with van der Waals surface area (Å²) in [6.45, 7) is 0. The van der Waals surface area contributed by atoms with Gasteiger partial charge in [-0.15, -0.1) is 0 Å². The van der Waals surface area contributed by atoms with E-state index in [1.807, 2.05) is 0 Å². The number of aliphatic imine (C=N–C) groups is 1. The van der Waals surface area contributed by atoms with E-state index in [2.05, 4.69) is 4.99 Å². The van der Waals surface area contributed by atoms with Crippen LogP contribution in [0.25, 0.3) is 0 Å². The molecule has 0 aromatic heterocycles. The topological polar surface area (TPSA) is 15.6 Å². The van der Waals surface area contributed by atoms with Crippen molar-refractivity contribution < 1.29 is 35.1 Å². The van der Waals surface area contributed by atoms with Crippen molar-refractivity contribution in [3.63, 3.8) is 0 Å². The Morgan fingerprint density at radius 1 is 0.917 bits per heavy atom. The van der Waals surface area contributed by atoms with Crippen LogP contribution in [0.15, 0.2) is 17.1 Å². The van der Waals surface area contributed by atoms with Crippen molar-refractivity contribution in [1.29, 1.82) is 0 Å². The summed E-state index contributed by atoms with van der Waals surface area (Å²) in [5, 5.41) is -1.65. The average molecular weight is 403 g/mol. The molecule has 24 heavy (non-hydrogen) atoms. The molecule has 0 saturated carbocycles. The van der Waals surface area contributed by atoms with Gasteiger partial charge in [0.1, 0.15) is 5.69 Å². The zero-order chi connectivity index (χ0) is 19.1. The van der Waals surface area contributed by atoms with E-state index in [4.69, 9.17) is 23.2 Å². The van der Waals surface area contributed by atoms with E-state index in [0.29, 0.717) is 17.0 Å². The summed E-state index contributed by atoms with van der Waals surface area (Å²) < 4.78 is 102. The number of halogens is 10. The Hall–Kier alpha value is -1.29. The molecular formula is C12H8Cl2F8N2. The first-order valence-corrected chi connectivity index (χ1v) is 6.62. The first-order chi connectivity index (χ1) is 10.6. The van der Waals surface area contributed by atoms with E-state index in [1.54, 1.807) is 0 Å². The van der Waals surface area contributed by atoms with Gasteiger partial charge < -0.3 is 4.90 Å². The summed E-state index contributed by atoms with van der Waals surface area (Å²) in [5.74, 6) is -7.15. The molecule has 0 amide bonds. The molecule has 12 heteroatoms.